The summed E-state index contributed by atoms with van der Waals surface area (Å²) in [6.07, 6.45) is -5.00. The van der Waals surface area contributed by atoms with Gasteiger partial charge in [-0.25, -0.2) is 4.79 Å². The van der Waals surface area contributed by atoms with Crippen molar-refractivity contribution in [3.8, 4) is 34.1 Å². The number of esters is 1. The molecule has 0 atom stereocenters. The Kier molecular flexibility index (Phi) is 6.61. The van der Waals surface area contributed by atoms with Crippen LogP contribution in [0.3, 0.4) is 0 Å². The summed E-state index contributed by atoms with van der Waals surface area (Å²) in [5.74, 6) is -1.53. The molecule has 36 heavy (non-hydrogen) atoms. The largest absolute Gasteiger partial charge is 0.497 e. The average Bonchev–Trinajstić information content (AvgIpc) is 2.87. The standard InChI is InChI=1S/C26H19F3O7/c1-32-16-6-4-5-15(11-16)25(31)35-17-8-9-18-20(13-17)36-24(26(27,28)29)22(23(18)30)14-7-10-19(33-2)21(12-14)34-3/h4-13H,1-3H3. The molecule has 1 heterocycles. The van der Waals surface area contributed by atoms with Gasteiger partial charge in [0.05, 0.1) is 37.8 Å². The summed E-state index contributed by atoms with van der Waals surface area (Å²) in [6.45, 7) is 0. The highest BCUT2D eigenvalue weighted by Crippen LogP contribution is 2.40. The second-order valence-electron chi connectivity index (χ2n) is 7.48. The molecule has 3 aromatic carbocycles. The van der Waals surface area contributed by atoms with E-state index in [0.717, 1.165) is 6.07 Å². The van der Waals surface area contributed by atoms with Gasteiger partial charge < -0.3 is 23.4 Å². The Morgan fingerprint density at radius 3 is 2.25 bits per heavy atom. The van der Waals surface area contributed by atoms with Crippen LogP contribution in [0.4, 0.5) is 13.2 Å². The van der Waals surface area contributed by atoms with Crippen LogP contribution in [0.25, 0.3) is 22.1 Å². The maximum absolute atomic E-state index is 14.0. The molecule has 10 heteroatoms. The summed E-state index contributed by atoms with van der Waals surface area (Å²) in [5, 5.41) is -0.131. The normalized spacial score (nSPS) is 11.3. The highest BCUT2D eigenvalue weighted by molar-refractivity contribution is 5.92. The van der Waals surface area contributed by atoms with Crippen molar-refractivity contribution in [2.45, 2.75) is 6.18 Å². The molecule has 186 valence electrons. The summed E-state index contributed by atoms with van der Waals surface area (Å²) in [7, 11) is 4.13. The van der Waals surface area contributed by atoms with Crippen LogP contribution in [-0.4, -0.2) is 27.3 Å². The van der Waals surface area contributed by atoms with Crippen LogP contribution in [0, 0.1) is 0 Å². The molecule has 0 aliphatic heterocycles. The molecule has 0 saturated carbocycles. The quantitative estimate of drug-likeness (QED) is 0.247. The second-order valence-corrected chi connectivity index (χ2v) is 7.48. The van der Waals surface area contributed by atoms with Crippen LogP contribution in [0.2, 0.25) is 0 Å². The first-order chi connectivity index (χ1) is 17.2. The fraction of sp³-hybridized carbons (Fsp3) is 0.154. The molecule has 7 nitrogen and oxygen atoms in total. The third-order valence-electron chi connectivity index (χ3n) is 5.31. The summed E-state index contributed by atoms with van der Waals surface area (Å²) in [6, 6.07) is 13.7. The number of alkyl halides is 3. The Morgan fingerprint density at radius 2 is 1.58 bits per heavy atom. The number of benzene rings is 3. The number of hydrogen-bond donors (Lipinski definition) is 0. The van der Waals surface area contributed by atoms with Crippen LogP contribution < -0.4 is 24.4 Å². The van der Waals surface area contributed by atoms with Gasteiger partial charge in [0.25, 0.3) is 0 Å². The molecule has 0 spiro atoms. The molecule has 0 aliphatic rings. The molecule has 4 rings (SSSR count). The minimum atomic E-state index is -5.00. The third kappa shape index (κ3) is 4.70. The molecule has 0 unspecified atom stereocenters. The third-order valence-corrected chi connectivity index (χ3v) is 5.31. The SMILES string of the molecule is COc1cccc(C(=O)Oc2ccc3c(=O)c(-c4ccc(OC)c(OC)c4)c(C(F)(F)F)oc3c2)c1. The van der Waals surface area contributed by atoms with Gasteiger partial charge in [-0.2, -0.15) is 13.2 Å². The molecule has 1 aromatic heterocycles. The maximum Gasteiger partial charge on any atom is 0.450 e. The van der Waals surface area contributed by atoms with E-state index in [9.17, 15) is 22.8 Å². The smallest absolute Gasteiger partial charge is 0.450 e. The lowest BCUT2D eigenvalue weighted by molar-refractivity contribution is -0.152. The number of halogens is 3. The Balaban J connectivity index is 1.81. The number of methoxy groups -OCH3 is 3. The number of carbonyl (C=O) groups excluding carboxylic acids is 1. The predicted molar refractivity (Wildman–Crippen MR) is 124 cm³/mol. The van der Waals surface area contributed by atoms with Crippen molar-refractivity contribution in [2.24, 2.45) is 0 Å². The van der Waals surface area contributed by atoms with Gasteiger partial charge in [0.15, 0.2) is 11.5 Å². The van der Waals surface area contributed by atoms with Gasteiger partial charge in [0, 0.05) is 6.07 Å². The van der Waals surface area contributed by atoms with E-state index in [2.05, 4.69) is 0 Å². The molecule has 0 amide bonds. The Bertz CT molecular complexity index is 1510. The Labute approximate surface area is 202 Å². The topological polar surface area (TPSA) is 84.2 Å². The van der Waals surface area contributed by atoms with Gasteiger partial charge in [-0.1, -0.05) is 12.1 Å². The van der Waals surface area contributed by atoms with E-state index in [1.54, 1.807) is 12.1 Å². The molecule has 0 bridgehead atoms. The monoisotopic (exact) mass is 500 g/mol. The van der Waals surface area contributed by atoms with Gasteiger partial charge >= 0.3 is 12.1 Å². The van der Waals surface area contributed by atoms with Crippen LogP contribution in [-0.2, 0) is 6.18 Å². The number of fused-ring (bicyclic) bond motifs is 1. The second kappa shape index (κ2) is 9.65. The van der Waals surface area contributed by atoms with Crippen LogP contribution in [0.5, 0.6) is 23.0 Å². The van der Waals surface area contributed by atoms with E-state index in [1.165, 1.54) is 63.8 Å². The van der Waals surface area contributed by atoms with E-state index in [0.29, 0.717) is 5.75 Å². The number of carbonyl (C=O) groups is 1. The van der Waals surface area contributed by atoms with Gasteiger partial charge in [-0.3, -0.25) is 4.79 Å². The molecular formula is C26H19F3O7. The van der Waals surface area contributed by atoms with Crippen molar-refractivity contribution in [1.82, 2.24) is 0 Å². The van der Waals surface area contributed by atoms with Crippen LogP contribution in [0.15, 0.2) is 69.9 Å². The predicted octanol–water partition coefficient (Wildman–Crippen LogP) is 5.72. The lowest BCUT2D eigenvalue weighted by atomic mass is 10.0. The van der Waals surface area contributed by atoms with E-state index < -0.39 is 34.5 Å². The highest BCUT2D eigenvalue weighted by Gasteiger charge is 2.39. The zero-order chi connectivity index (χ0) is 26.0. The molecule has 0 radical (unpaired) electrons. The number of ether oxygens (including phenoxy) is 4. The van der Waals surface area contributed by atoms with Crippen molar-refractivity contribution in [1.29, 1.82) is 0 Å². The fourth-order valence-electron chi connectivity index (χ4n) is 3.61. The lowest BCUT2D eigenvalue weighted by Crippen LogP contribution is -2.16. The van der Waals surface area contributed by atoms with E-state index >= 15 is 0 Å². The van der Waals surface area contributed by atoms with Crippen molar-refractivity contribution in [3.05, 3.63) is 82.2 Å². The van der Waals surface area contributed by atoms with E-state index in [-0.39, 0.29) is 33.8 Å². The summed E-state index contributed by atoms with van der Waals surface area (Å²) < 4.78 is 67.8. The minimum Gasteiger partial charge on any atom is -0.497 e. The van der Waals surface area contributed by atoms with Crippen molar-refractivity contribution in [3.63, 3.8) is 0 Å². The number of hydrogen-bond acceptors (Lipinski definition) is 7. The Hall–Kier alpha value is -4.47. The maximum atomic E-state index is 14.0. The highest BCUT2D eigenvalue weighted by atomic mass is 19.4. The molecular weight excluding hydrogens is 481 g/mol. The van der Waals surface area contributed by atoms with Gasteiger partial charge in [0.2, 0.25) is 11.2 Å². The van der Waals surface area contributed by atoms with Gasteiger partial charge in [0.1, 0.15) is 17.1 Å². The minimum absolute atomic E-state index is 0.0656. The van der Waals surface area contributed by atoms with Crippen molar-refractivity contribution in [2.75, 3.05) is 21.3 Å². The molecule has 4 aromatic rings. The molecule has 0 N–H and O–H groups in total. The first kappa shape index (κ1) is 24.6. The number of rotatable bonds is 6. The first-order valence-corrected chi connectivity index (χ1v) is 10.4. The molecule has 0 fully saturated rings. The molecule has 0 aliphatic carbocycles. The summed E-state index contributed by atoms with van der Waals surface area (Å²) >= 11 is 0. The fourth-order valence-corrected chi connectivity index (χ4v) is 3.61. The van der Waals surface area contributed by atoms with Crippen LogP contribution >= 0.6 is 0 Å². The molecule has 0 saturated heterocycles. The van der Waals surface area contributed by atoms with Crippen molar-refractivity contribution < 1.29 is 41.3 Å². The van der Waals surface area contributed by atoms with Gasteiger partial charge in [-0.15, -0.1) is 0 Å². The summed E-state index contributed by atoms with van der Waals surface area (Å²) in [4.78, 5) is 25.7. The van der Waals surface area contributed by atoms with Gasteiger partial charge in [-0.05, 0) is 48.0 Å². The average molecular weight is 500 g/mol. The zero-order valence-corrected chi connectivity index (χ0v) is 19.3. The lowest BCUT2D eigenvalue weighted by Gasteiger charge is -2.15. The summed E-state index contributed by atoms with van der Waals surface area (Å²) in [5.41, 5.74) is -1.90. The van der Waals surface area contributed by atoms with Crippen LogP contribution in [0.1, 0.15) is 16.1 Å². The van der Waals surface area contributed by atoms with E-state index in [1.807, 2.05) is 0 Å². The Morgan fingerprint density at radius 1 is 0.833 bits per heavy atom. The first-order valence-electron chi connectivity index (χ1n) is 10.4. The zero-order valence-electron chi connectivity index (χ0n) is 19.3. The van der Waals surface area contributed by atoms with E-state index in [4.69, 9.17) is 23.4 Å². The van der Waals surface area contributed by atoms with Crippen molar-refractivity contribution >= 4 is 16.9 Å².